The fourth-order valence-electron chi connectivity index (χ4n) is 2.73. The standard InChI is InChI=1S/C19H16F4N2O2S/c1-25(10-11-2-5-13(20)6-3-11)17(26)9-16-18(27)24-14-8-12(19(21,22)23)4-7-15(14)28-16/h2-8,16H,9-10H2,1H3,(H,24,27)/t16-/m1/s1. The minimum Gasteiger partial charge on any atom is -0.341 e. The molecule has 1 aliphatic heterocycles. The third-order valence-electron chi connectivity index (χ3n) is 4.25. The predicted molar refractivity (Wildman–Crippen MR) is 97.2 cm³/mol. The molecule has 0 radical (unpaired) electrons. The van der Waals surface area contributed by atoms with Crippen LogP contribution in [0.2, 0.25) is 0 Å². The van der Waals surface area contributed by atoms with Gasteiger partial charge in [0, 0.05) is 24.9 Å². The van der Waals surface area contributed by atoms with Crippen molar-refractivity contribution < 1.29 is 27.2 Å². The quantitative estimate of drug-likeness (QED) is 0.762. The Bertz CT molecular complexity index is 900. The Hall–Kier alpha value is -2.55. The van der Waals surface area contributed by atoms with Gasteiger partial charge in [-0.1, -0.05) is 12.1 Å². The Kier molecular flexibility index (Phi) is 5.64. The van der Waals surface area contributed by atoms with E-state index in [0.717, 1.165) is 29.5 Å². The molecule has 2 aromatic carbocycles. The van der Waals surface area contributed by atoms with E-state index in [1.807, 2.05) is 0 Å². The zero-order valence-electron chi connectivity index (χ0n) is 14.7. The van der Waals surface area contributed by atoms with E-state index in [-0.39, 0.29) is 30.4 Å². The van der Waals surface area contributed by atoms with Gasteiger partial charge in [-0.2, -0.15) is 13.2 Å². The normalized spacial score (nSPS) is 16.3. The van der Waals surface area contributed by atoms with Crippen molar-refractivity contribution in [1.29, 1.82) is 0 Å². The molecule has 0 aliphatic carbocycles. The summed E-state index contributed by atoms with van der Waals surface area (Å²) < 4.78 is 51.4. The average Bonchev–Trinajstić information content (AvgIpc) is 2.63. The molecule has 0 aromatic heterocycles. The van der Waals surface area contributed by atoms with Crippen molar-refractivity contribution in [3.05, 3.63) is 59.4 Å². The number of carbonyl (C=O) groups is 2. The molecule has 1 N–H and O–H groups in total. The van der Waals surface area contributed by atoms with E-state index in [2.05, 4.69) is 5.32 Å². The second kappa shape index (κ2) is 7.83. The topological polar surface area (TPSA) is 49.4 Å². The first-order chi connectivity index (χ1) is 13.1. The molecule has 0 fully saturated rings. The van der Waals surface area contributed by atoms with Gasteiger partial charge in [-0.15, -0.1) is 11.8 Å². The second-order valence-electron chi connectivity index (χ2n) is 6.38. The van der Waals surface area contributed by atoms with Gasteiger partial charge in [0.2, 0.25) is 11.8 Å². The first-order valence-electron chi connectivity index (χ1n) is 8.30. The third kappa shape index (κ3) is 4.64. The number of alkyl halides is 3. The van der Waals surface area contributed by atoms with Crippen molar-refractivity contribution in [1.82, 2.24) is 4.90 Å². The van der Waals surface area contributed by atoms with E-state index in [1.54, 1.807) is 19.2 Å². The van der Waals surface area contributed by atoms with Crippen LogP contribution in [-0.4, -0.2) is 29.0 Å². The van der Waals surface area contributed by atoms with Gasteiger partial charge in [-0.3, -0.25) is 9.59 Å². The van der Waals surface area contributed by atoms with E-state index in [1.165, 1.54) is 23.1 Å². The summed E-state index contributed by atoms with van der Waals surface area (Å²) in [6.45, 7) is 0.254. The van der Waals surface area contributed by atoms with Crippen LogP contribution in [-0.2, 0) is 22.3 Å². The number of hydrogen-bond donors (Lipinski definition) is 1. The lowest BCUT2D eigenvalue weighted by Gasteiger charge is -2.26. The number of hydrogen-bond acceptors (Lipinski definition) is 3. The highest BCUT2D eigenvalue weighted by molar-refractivity contribution is 8.01. The van der Waals surface area contributed by atoms with Gasteiger partial charge in [0.15, 0.2) is 0 Å². The monoisotopic (exact) mass is 412 g/mol. The minimum atomic E-state index is -4.50. The largest absolute Gasteiger partial charge is 0.416 e. The SMILES string of the molecule is CN(Cc1ccc(F)cc1)C(=O)C[C@H]1Sc2ccc(C(F)(F)F)cc2NC1=O. The Balaban J connectivity index is 1.65. The van der Waals surface area contributed by atoms with Gasteiger partial charge in [0.05, 0.1) is 16.5 Å². The molecule has 0 bridgehead atoms. The number of amides is 2. The van der Waals surface area contributed by atoms with Crippen LogP contribution in [0.5, 0.6) is 0 Å². The Morgan fingerprint density at radius 1 is 1.18 bits per heavy atom. The van der Waals surface area contributed by atoms with Crippen molar-refractivity contribution in [2.24, 2.45) is 0 Å². The van der Waals surface area contributed by atoms with Gasteiger partial charge in [-0.25, -0.2) is 4.39 Å². The smallest absolute Gasteiger partial charge is 0.341 e. The van der Waals surface area contributed by atoms with Crippen molar-refractivity contribution in [2.45, 2.75) is 29.3 Å². The highest BCUT2D eigenvalue weighted by Gasteiger charge is 2.34. The Morgan fingerprint density at radius 3 is 2.50 bits per heavy atom. The fraction of sp³-hybridized carbons (Fsp3) is 0.263. The van der Waals surface area contributed by atoms with Crippen LogP contribution in [0.3, 0.4) is 0 Å². The molecule has 1 heterocycles. The third-order valence-corrected chi connectivity index (χ3v) is 5.52. The first-order valence-corrected chi connectivity index (χ1v) is 9.18. The summed E-state index contributed by atoms with van der Waals surface area (Å²) in [5.41, 5.74) is -0.0167. The van der Waals surface area contributed by atoms with E-state index in [9.17, 15) is 27.2 Å². The molecule has 9 heteroatoms. The van der Waals surface area contributed by atoms with Crippen molar-refractivity contribution >= 4 is 29.3 Å². The number of rotatable bonds is 4. The highest BCUT2D eigenvalue weighted by Crippen LogP contribution is 2.40. The lowest BCUT2D eigenvalue weighted by Crippen LogP contribution is -2.35. The minimum absolute atomic E-state index is 0.0909. The summed E-state index contributed by atoms with van der Waals surface area (Å²) in [7, 11) is 1.57. The molecular weight excluding hydrogens is 396 g/mol. The second-order valence-corrected chi connectivity index (χ2v) is 7.63. The lowest BCUT2D eigenvalue weighted by molar-refractivity contribution is -0.137. The van der Waals surface area contributed by atoms with Crippen LogP contribution in [0.4, 0.5) is 23.2 Å². The summed E-state index contributed by atoms with van der Waals surface area (Å²) in [6.07, 6.45) is -4.60. The zero-order chi connectivity index (χ0) is 20.5. The summed E-state index contributed by atoms with van der Waals surface area (Å²) >= 11 is 1.06. The maximum atomic E-state index is 13.0. The molecule has 3 rings (SSSR count). The molecule has 4 nitrogen and oxygen atoms in total. The van der Waals surface area contributed by atoms with Crippen molar-refractivity contribution in [3.8, 4) is 0 Å². The summed E-state index contributed by atoms with van der Waals surface area (Å²) in [4.78, 5) is 26.6. The maximum absolute atomic E-state index is 13.0. The fourth-order valence-corrected chi connectivity index (χ4v) is 3.81. The Morgan fingerprint density at radius 2 is 1.86 bits per heavy atom. The average molecular weight is 412 g/mol. The number of fused-ring (bicyclic) bond motifs is 1. The Labute approximate surface area is 162 Å². The summed E-state index contributed by atoms with van der Waals surface area (Å²) in [6, 6.07) is 8.85. The molecule has 2 amide bonds. The molecule has 28 heavy (non-hydrogen) atoms. The molecule has 148 valence electrons. The van der Waals surface area contributed by atoms with Gasteiger partial charge in [-0.05, 0) is 35.9 Å². The van der Waals surface area contributed by atoms with E-state index < -0.39 is 22.9 Å². The van der Waals surface area contributed by atoms with E-state index in [4.69, 9.17) is 0 Å². The molecule has 2 aromatic rings. The van der Waals surface area contributed by atoms with Gasteiger partial charge in [0.25, 0.3) is 0 Å². The van der Waals surface area contributed by atoms with Crippen LogP contribution < -0.4 is 5.32 Å². The molecule has 0 saturated carbocycles. The number of nitrogens with one attached hydrogen (secondary N) is 1. The van der Waals surface area contributed by atoms with Crippen LogP contribution >= 0.6 is 11.8 Å². The lowest BCUT2D eigenvalue weighted by atomic mass is 10.1. The van der Waals surface area contributed by atoms with E-state index in [0.29, 0.717) is 4.90 Å². The van der Waals surface area contributed by atoms with Crippen LogP contribution in [0.25, 0.3) is 0 Å². The van der Waals surface area contributed by atoms with Gasteiger partial charge < -0.3 is 10.2 Å². The van der Waals surface area contributed by atoms with Crippen molar-refractivity contribution in [2.75, 3.05) is 12.4 Å². The van der Waals surface area contributed by atoms with E-state index >= 15 is 0 Å². The highest BCUT2D eigenvalue weighted by atomic mass is 32.2. The molecule has 1 atom stereocenters. The molecule has 0 saturated heterocycles. The zero-order valence-corrected chi connectivity index (χ0v) is 15.5. The molecule has 1 aliphatic rings. The number of carbonyl (C=O) groups excluding carboxylic acids is 2. The maximum Gasteiger partial charge on any atom is 0.416 e. The molecule has 0 spiro atoms. The van der Waals surface area contributed by atoms with Crippen molar-refractivity contribution in [3.63, 3.8) is 0 Å². The van der Waals surface area contributed by atoms with Gasteiger partial charge in [0.1, 0.15) is 5.82 Å². The number of nitrogens with zero attached hydrogens (tertiary/aromatic N) is 1. The molecule has 0 unspecified atom stereocenters. The number of anilines is 1. The molecular formula is C19H16F4N2O2S. The number of halogens is 4. The number of benzene rings is 2. The van der Waals surface area contributed by atoms with Crippen LogP contribution in [0.1, 0.15) is 17.5 Å². The predicted octanol–water partition coefficient (Wildman–Crippen LogP) is 4.31. The number of thioether (sulfide) groups is 1. The summed E-state index contributed by atoms with van der Waals surface area (Å²) in [5, 5.41) is 1.71. The van der Waals surface area contributed by atoms with Crippen LogP contribution in [0.15, 0.2) is 47.4 Å². The first kappa shape index (κ1) is 20.2. The van der Waals surface area contributed by atoms with Gasteiger partial charge >= 0.3 is 6.18 Å². The summed E-state index contributed by atoms with van der Waals surface area (Å²) in [5.74, 6) is -1.19. The van der Waals surface area contributed by atoms with Crippen LogP contribution in [0, 0.1) is 5.82 Å².